The molecule has 2 N–H and O–H groups in total. The quantitative estimate of drug-likeness (QED) is 0.285. The molecule has 2 saturated carbocycles. The molecule has 4 aliphatic heterocycles. The van der Waals surface area contributed by atoms with E-state index in [1.807, 2.05) is 20.8 Å². The number of aliphatic hydroxyl groups is 2. The lowest BCUT2D eigenvalue weighted by Crippen LogP contribution is -2.67. The average molecular weight is 633 g/mol. The summed E-state index contributed by atoms with van der Waals surface area (Å²) in [6.45, 7) is 7.06. The van der Waals surface area contributed by atoms with Crippen molar-refractivity contribution in [3.05, 3.63) is 71.3 Å². The van der Waals surface area contributed by atoms with Crippen molar-refractivity contribution in [3.8, 4) is 0 Å². The topological polar surface area (TPSA) is 172 Å². The van der Waals surface area contributed by atoms with Gasteiger partial charge in [-0.3, -0.25) is 9.59 Å². The van der Waals surface area contributed by atoms with Crippen LogP contribution in [0.15, 0.2) is 54.6 Å². The van der Waals surface area contributed by atoms with Crippen LogP contribution in [0.1, 0.15) is 60.4 Å². The first-order chi connectivity index (χ1) is 21.7. The molecule has 4 unspecified atom stereocenters. The van der Waals surface area contributed by atoms with Crippen molar-refractivity contribution in [2.45, 2.75) is 76.0 Å². The predicted molar refractivity (Wildman–Crippen MR) is 152 cm³/mol. The summed E-state index contributed by atoms with van der Waals surface area (Å²) in [6, 6.07) is 14.4. The first-order valence-corrected chi connectivity index (χ1v) is 15.3. The molecule has 4 heterocycles. The zero-order valence-electron chi connectivity index (χ0n) is 25.4. The maximum absolute atomic E-state index is 13.9. The molecule has 2 spiro atoms. The monoisotopic (exact) mass is 632 g/mol. The minimum absolute atomic E-state index is 0.0329. The summed E-state index contributed by atoms with van der Waals surface area (Å²) in [4.78, 5) is 67.1. The number of hydrogen-bond acceptors (Lipinski definition) is 12. The molecule has 2 aromatic carbocycles. The maximum atomic E-state index is 13.9. The number of fused-ring (bicyclic) bond motifs is 1. The van der Waals surface area contributed by atoms with Crippen molar-refractivity contribution < 1.29 is 57.9 Å². The van der Waals surface area contributed by atoms with E-state index in [0.29, 0.717) is 11.1 Å². The van der Waals surface area contributed by atoms with Crippen LogP contribution in [0.4, 0.5) is 0 Å². The second kappa shape index (κ2) is 8.81. The van der Waals surface area contributed by atoms with Gasteiger partial charge in [-0.15, -0.1) is 0 Å². The van der Waals surface area contributed by atoms with Crippen LogP contribution >= 0.6 is 0 Å². The molecule has 12 nitrogen and oxygen atoms in total. The van der Waals surface area contributed by atoms with Crippen LogP contribution in [0.25, 0.3) is 0 Å². The Balaban J connectivity index is 1.23. The van der Waals surface area contributed by atoms with E-state index < -0.39 is 93.9 Å². The summed E-state index contributed by atoms with van der Waals surface area (Å²) in [5, 5.41) is 24.5. The highest BCUT2D eigenvalue weighted by molar-refractivity contribution is 6.09. The summed E-state index contributed by atoms with van der Waals surface area (Å²) in [5.41, 5.74) is -8.19. The minimum Gasteiger partial charge on any atom is -0.459 e. The molecule has 46 heavy (non-hydrogen) atoms. The molecule has 0 bridgehead atoms. The summed E-state index contributed by atoms with van der Waals surface area (Å²) >= 11 is 0. The molecular formula is C34H32O12. The molecule has 6 aliphatic rings. The zero-order chi connectivity index (χ0) is 32.8. The van der Waals surface area contributed by atoms with Gasteiger partial charge in [-0.1, -0.05) is 63.2 Å². The van der Waals surface area contributed by atoms with Gasteiger partial charge in [-0.2, -0.15) is 0 Å². The average Bonchev–Trinajstić information content (AvgIpc) is 3.75. The van der Waals surface area contributed by atoms with E-state index in [9.17, 15) is 34.2 Å². The van der Waals surface area contributed by atoms with Crippen molar-refractivity contribution in [1.82, 2.24) is 0 Å². The molecule has 0 amide bonds. The Bertz CT molecular complexity index is 1730. The van der Waals surface area contributed by atoms with Gasteiger partial charge in [0, 0.05) is 11.1 Å². The number of rotatable bonds is 4. The number of ketones is 1. The molecule has 11 atom stereocenters. The van der Waals surface area contributed by atoms with E-state index in [0.717, 1.165) is 0 Å². The lowest BCUT2D eigenvalue weighted by molar-refractivity contribution is -0.239. The fourth-order valence-corrected chi connectivity index (χ4v) is 9.93. The van der Waals surface area contributed by atoms with Crippen molar-refractivity contribution in [2.24, 2.45) is 28.1 Å². The number of carbonyl (C=O) groups is 5. The van der Waals surface area contributed by atoms with Gasteiger partial charge in [0.1, 0.15) is 12.2 Å². The van der Waals surface area contributed by atoms with E-state index in [-0.39, 0.29) is 17.8 Å². The molecule has 2 aromatic rings. The minimum atomic E-state index is -2.37. The largest absolute Gasteiger partial charge is 0.459 e. The number of ether oxygens (including phenoxy) is 5. The molecule has 0 radical (unpaired) electrons. The van der Waals surface area contributed by atoms with Gasteiger partial charge in [0.15, 0.2) is 17.5 Å². The Labute approximate surface area is 262 Å². The molecule has 0 aromatic heterocycles. The fraction of sp³-hybridized carbons (Fsp3) is 0.500. The van der Waals surface area contributed by atoms with Gasteiger partial charge >= 0.3 is 23.9 Å². The van der Waals surface area contributed by atoms with Crippen LogP contribution in [-0.2, 0) is 38.1 Å². The van der Waals surface area contributed by atoms with Crippen molar-refractivity contribution >= 4 is 29.7 Å². The van der Waals surface area contributed by atoms with Crippen LogP contribution in [0, 0.1) is 28.1 Å². The highest BCUT2D eigenvalue weighted by Crippen LogP contribution is 2.84. The first kappa shape index (κ1) is 29.3. The Morgan fingerprint density at radius 3 is 2.17 bits per heavy atom. The second-order valence-electron chi connectivity index (χ2n) is 14.3. The number of hydrogen-bond donors (Lipinski definition) is 2. The summed E-state index contributed by atoms with van der Waals surface area (Å²) in [6.07, 6.45) is -7.54. The Hall–Kier alpha value is -4.13. The van der Waals surface area contributed by atoms with Crippen LogP contribution in [-0.4, -0.2) is 81.8 Å². The van der Waals surface area contributed by atoms with Crippen LogP contribution < -0.4 is 0 Å². The third-order valence-corrected chi connectivity index (χ3v) is 11.6. The summed E-state index contributed by atoms with van der Waals surface area (Å²) in [5.74, 6) is -5.89. The summed E-state index contributed by atoms with van der Waals surface area (Å²) in [7, 11) is 0. The van der Waals surface area contributed by atoms with Gasteiger partial charge < -0.3 is 33.9 Å². The van der Waals surface area contributed by atoms with Gasteiger partial charge in [0.05, 0.1) is 22.3 Å². The van der Waals surface area contributed by atoms with E-state index in [1.165, 1.54) is 31.2 Å². The zero-order valence-corrected chi connectivity index (χ0v) is 25.4. The molecule has 4 saturated heterocycles. The molecular weight excluding hydrogens is 600 g/mol. The molecule has 12 heteroatoms. The molecule has 8 rings (SSSR count). The predicted octanol–water partition coefficient (Wildman–Crippen LogP) is 1.73. The van der Waals surface area contributed by atoms with Crippen LogP contribution in [0.3, 0.4) is 0 Å². The Kier molecular flexibility index (Phi) is 5.61. The van der Waals surface area contributed by atoms with Crippen molar-refractivity contribution in [2.75, 3.05) is 0 Å². The lowest BCUT2D eigenvalue weighted by atomic mass is 9.51. The van der Waals surface area contributed by atoms with E-state index in [2.05, 4.69) is 0 Å². The Morgan fingerprint density at radius 1 is 0.891 bits per heavy atom. The number of aliphatic hydroxyl groups excluding tert-OH is 1. The van der Waals surface area contributed by atoms with Crippen molar-refractivity contribution in [3.63, 3.8) is 0 Å². The standard InChI is InChI=1S/C34H32O12/c1-15-25(37)43-23-22(36)32-20-14-19(30(2,3)4)31(32)24(27(39)45-29(31)46-34(32,28(40)42-20)33(15,23)41)44-26(38)18-12-10-17(11-13-18)21(35)16-8-6-5-7-9-16/h5-13,15,19-20,22-24,29,36,41H,14H2,1-4H3/t15-,19+,20?,22+,23+,24+,29?,31?,32+,33-,34?/m1/s1. The SMILES string of the molecule is C[C@@H]1C(=O)O[C@H]2[C@H](O)[C@@]34C5C[C@@H](C(C)(C)C)C36C(OC(=O)[C@@H]6OC(=O)c3ccc(C(=O)c6ccccc6)cc3)OC4(C(=O)O5)[C@@]12O. The first-order valence-electron chi connectivity index (χ1n) is 15.3. The van der Waals surface area contributed by atoms with Gasteiger partial charge in [0.2, 0.25) is 18.0 Å². The normalized spacial score (nSPS) is 42.9. The second-order valence-corrected chi connectivity index (χ2v) is 14.3. The highest BCUT2D eigenvalue weighted by Gasteiger charge is 3.04. The van der Waals surface area contributed by atoms with E-state index in [1.54, 1.807) is 30.3 Å². The lowest BCUT2D eigenvalue weighted by Gasteiger charge is -2.48. The van der Waals surface area contributed by atoms with Crippen molar-refractivity contribution in [1.29, 1.82) is 0 Å². The van der Waals surface area contributed by atoms with Gasteiger partial charge in [-0.25, -0.2) is 14.4 Å². The van der Waals surface area contributed by atoms with Crippen LogP contribution in [0.5, 0.6) is 0 Å². The molecule has 2 aliphatic carbocycles. The van der Waals surface area contributed by atoms with E-state index in [4.69, 9.17) is 23.7 Å². The summed E-state index contributed by atoms with van der Waals surface area (Å²) < 4.78 is 29.5. The fourth-order valence-electron chi connectivity index (χ4n) is 9.93. The maximum Gasteiger partial charge on any atom is 0.350 e. The number of carbonyl (C=O) groups excluding carboxylic acids is 5. The third kappa shape index (κ3) is 2.91. The van der Waals surface area contributed by atoms with Gasteiger partial charge in [0.25, 0.3) is 0 Å². The van der Waals surface area contributed by atoms with E-state index >= 15 is 0 Å². The Morgan fingerprint density at radius 2 is 1.52 bits per heavy atom. The van der Waals surface area contributed by atoms with Gasteiger partial charge in [-0.05, 0) is 36.8 Å². The molecule has 6 fully saturated rings. The van der Waals surface area contributed by atoms with Crippen LogP contribution in [0.2, 0.25) is 0 Å². The highest BCUT2D eigenvalue weighted by atomic mass is 16.8. The molecule has 240 valence electrons. The number of esters is 4. The third-order valence-electron chi connectivity index (χ3n) is 11.6. The smallest absolute Gasteiger partial charge is 0.350 e. The number of benzene rings is 2.